The Hall–Kier alpha value is -1.47. The summed E-state index contributed by atoms with van der Waals surface area (Å²) in [6, 6.07) is 0. The molecule has 0 aliphatic carbocycles. The van der Waals surface area contributed by atoms with E-state index in [9.17, 15) is 19.5 Å². The lowest BCUT2D eigenvalue weighted by Gasteiger charge is -2.40. The maximum atomic E-state index is 11.6. The second-order valence-electron chi connectivity index (χ2n) is 4.57. The SMILES string of the molecule is CC1(C)C(=O)NC(=O)CN1CC(O)CC(=O)O. The Morgan fingerprint density at radius 2 is 2.12 bits per heavy atom. The number of nitrogens with one attached hydrogen (secondary N) is 1. The summed E-state index contributed by atoms with van der Waals surface area (Å²) in [5.41, 5.74) is -0.937. The first-order chi connectivity index (χ1) is 7.73. The van der Waals surface area contributed by atoms with Crippen molar-refractivity contribution in [3.63, 3.8) is 0 Å². The monoisotopic (exact) mass is 244 g/mol. The molecule has 2 amide bonds. The zero-order chi connectivity index (χ0) is 13.2. The van der Waals surface area contributed by atoms with Crippen LogP contribution in [-0.4, -0.2) is 57.6 Å². The first kappa shape index (κ1) is 13.6. The smallest absolute Gasteiger partial charge is 0.306 e. The number of nitrogens with zero attached hydrogens (tertiary/aromatic N) is 1. The third kappa shape index (κ3) is 3.24. The number of amides is 2. The number of imide groups is 1. The zero-order valence-electron chi connectivity index (χ0n) is 9.77. The second kappa shape index (κ2) is 4.80. The van der Waals surface area contributed by atoms with Gasteiger partial charge in [0.25, 0.3) is 0 Å². The van der Waals surface area contributed by atoms with Gasteiger partial charge in [0.05, 0.1) is 24.6 Å². The van der Waals surface area contributed by atoms with E-state index in [1.165, 1.54) is 4.90 Å². The fourth-order valence-electron chi connectivity index (χ4n) is 1.65. The average Bonchev–Trinajstić information content (AvgIpc) is 2.12. The predicted molar refractivity (Wildman–Crippen MR) is 57.1 cm³/mol. The molecule has 0 aromatic heterocycles. The van der Waals surface area contributed by atoms with E-state index < -0.39 is 35.8 Å². The van der Waals surface area contributed by atoms with Gasteiger partial charge in [0.1, 0.15) is 0 Å². The minimum atomic E-state index is -1.12. The van der Waals surface area contributed by atoms with Gasteiger partial charge in [-0.1, -0.05) is 0 Å². The van der Waals surface area contributed by atoms with E-state index in [4.69, 9.17) is 5.11 Å². The minimum absolute atomic E-state index is 0.0293. The molecular weight excluding hydrogens is 228 g/mol. The molecule has 1 atom stereocenters. The summed E-state index contributed by atoms with van der Waals surface area (Å²) < 4.78 is 0. The summed E-state index contributed by atoms with van der Waals surface area (Å²) in [6.45, 7) is 3.17. The molecule has 0 radical (unpaired) electrons. The molecule has 1 saturated heterocycles. The normalized spacial score (nSPS) is 22.1. The van der Waals surface area contributed by atoms with Crippen molar-refractivity contribution in [1.82, 2.24) is 10.2 Å². The van der Waals surface area contributed by atoms with Crippen molar-refractivity contribution in [1.29, 1.82) is 0 Å². The van der Waals surface area contributed by atoms with E-state index >= 15 is 0 Å². The highest BCUT2D eigenvalue weighted by atomic mass is 16.4. The molecule has 1 unspecified atom stereocenters. The van der Waals surface area contributed by atoms with Crippen LogP contribution in [0.5, 0.6) is 0 Å². The quantitative estimate of drug-likeness (QED) is 0.523. The maximum Gasteiger partial charge on any atom is 0.306 e. The number of hydrogen-bond donors (Lipinski definition) is 3. The van der Waals surface area contributed by atoms with Crippen LogP contribution >= 0.6 is 0 Å². The maximum absolute atomic E-state index is 11.6. The van der Waals surface area contributed by atoms with E-state index in [-0.39, 0.29) is 13.1 Å². The van der Waals surface area contributed by atoms with Crippen molar-refractivity contribution < 1.29 is 24.6 Å². The van der Waals surface area contributed by atoms with Crippen LogP contribution in [0.15, 0.2) is 0 Å². The van der Waals surface area contributed by atoms with E-state index in [1.54, 1.807) is 13.8 Å². The van der Waals surface area contributed by atoms with Crippen molar-refractivity contribution in [3.05, 3.63) is 0 Å². The predicted octanol–water partition coefficient (Wildman–Crippen LogP) is -1.44. The minimum Gasteiger partial charge on any atom is -0.481 e. The molecule has 1 fully saturated rings. The largest absolute Gasteiger partial charge is 0.481 e. The van der Waals surface area contributed by atoms with Crippen molar-refractivity contribution in [3.8, 4) is 0 Å². The lowest BCUT2D eigenvalue weighted by atomic mass is 9.98. The van der Waals surface area contributed by atoms with Crippen LogP contribution in [0.25, 0.3) is 0 Å². The van der Waals surface area contributed by atoms with Gasteiger partial charge >= 0.3 is 5.97 Å². The third-order valence-electron chi connectivity index (χ3n) is 2.78. The molecule has 0 saturated carbocycles. The number of aliphatic hydroxyl groups excluding tert-OH is 1. The van der Waals surface area contributed by atoms with Gasteiger partial charge < -0.3 is 10.2 Å². The number of aliphatic hydroxyl groups is 1. The van der Waals surface area contributed by atoms with Crippen molar-refractivity contribution in [2.24, 2.45) is 0 Å². The van der Waals surface area contributed by atoms with Crippen LogP contribution in [0.4, 0.5) is 0 Å². The fourth-order valence-corrected chi connectivity index (χ4v) is 1.65. The van der Waals surface area contributed by atoms with Gasteiger partial charge in [-0.05, 0) is 13.8 Å². The van der Waals surface area contributed by atoms with Gasteiger partial charge in [-0.3, -0.25) is 24.6 Å². The lowest BCUT2D eigenvalue weighted by molar-refractivity contribution is -0.146. The number of carboxylic acids is 1. The van der Waals surface area contributed by atoms with Gasteiger partial charge in [0.2, 0.25) is 11.8 Å². The van der Waals surface area contributed by atoms with Gasteiger partial charge in [-0.25, -0.2) is 0 Å². The van der Waals surface area contributed by atoms with Crippen LogP contribution in [0.1, 0.15) is 20.3 Å². The Morgan fingerprint density at radius 1 is 1.53 bits per heavy atom. The molecule has 3 N–H and O–H groups in total. The number of β-amino-alcohol motifs (C(OH)–C–C–N with tert-alkyl or cyclic N) is 1. The molecule has 0 bridgehead atoms. The van der Waals surface area contributed by atoms with Crippen LogP contribution in [-0.2, 0) is 14.4 Å². The first-order valence-corrected chi connectivity index (χ1v) is 5.22. The van der Waals surface area contributed by atoms with E-state index in [1.807, 2.05) is 0 Å². The molecule has 17 heavy (non-hydrogen) atoms. The van der Waals surface area contributed by atoms with Gasteiger partial charge in [-0.15, -0.1) is 0 Å². The number of rotatable bonds is 4. The Bertz CT molecular complexity index is 353. The number of carbonyl (C=O) groups is 3. The molecule has 1 aliphatic rings. The van der Waals surface area contributed by atoms with Gasteiger partial charge in [-0.2, -0.15) is 0 Å². The summed E-state index contributed by atoms with van der Waals surface area (Å²) in [6.07, 6.45) is -1.52. The molecular formula is C10H16N2O5. The lowest BCUT2D eigenvalue weighted by Crippen LogP contribution is -2.65. The average molecular weight is 244 g/mol. The summed E-state index contributed by atoms with van der Waals surface area (Å²) in [7, 11) is 0. The van der Waals surface area contributed by atoms with E-state index in [0.29, 0.717) is 0 Å². The molecule has 0 spiro atoms. The summed E-state index contributed by atoms with van der Waals surface area (Å²) >= 11 is 0. The van der Waals surface area contributed by atoms with Crippen molar-refractivity contribution >= 4 is 17.8 Å². The highest BCUT2D eigenvalue weighted by Gasteiger charge is 2.41. The number of piperazine rings is 1. The molecule has 1 rings (SSSR count). The Kier molecular flexibility index (Phi) is 3.84. The summed E-state index contributed by atoms with van der Waals surface area (Å²) in [5.74, 6) is -2.02. The van der Waals surface area contributed by atoms with Crippen LogP contribution in [0.2, 0.25) is 0 Å². The molecule has 0 aromatic carbocycles. The second-order valence-corrected chi connectivity index (χ2v) is 4.57. The van der Waals surface area contributed by atoms with Crippen LogP contribution < -0.4 is 5.32 Å². The first-order valence-electron chi connectivity index (χ1n) is 5.22. The highest BCUT2D eigenvalue weighted by Crippen LogP contribution is 2.18. The standard InChI is InChI=1S/C10H16N2O5/c1-10(2)9(17)11-7(14)5-12(10)4-6(13)3-8(15)16/h6,13H,3-5H2,1-2H3,(H,15,16)(H,11,14,17). The number of carbonyl (C=O) groups excluding carboxylic acids is 2. The summed E-state index contributed by atoms with van der Waals surface area (Å²) in [5, 5.41) is 20.2. The van der Waals surface area contributed by atoms with E-state index in [2.05, 4.69) is 5.32 Å². The zero-order valence-corrected chi connectivity index (χ0v) is 9.77. The summed E-state index contributed by atoms with van der Waals surface area (Å²) in [4.78, 5) is 34.7. The Morgan fingerprint density at radius 3 is 2.65 bits per heavy atom. The molecule has 96 valence electrons. The molecule has 1 aliphatic heterocycles. The molecule has 1 heterocycles. The molecule has 7 nitrogen and oxygen atoms in total. The fraction of sp³-hybridized carbons (Fsp3) is 0.700. The number of aliphatic carboxylic acids is 1. The van der Waals surface area contributed by atoms with Crippen molar-refractivity contribution in [2.75, 3.05) is 13.1 Å². The van der Waals surface area contributed by atoms with Crippen LogP contribution in [0.3, 0.4) is 0 Å². The number of hydrogen-bond acceptors (Lipinski definition) is 5. The Balaban J connectivity index is 2.70. The molecule has 0 aromatic rings. The number of carboxylic acid groups (broad SMARTS) is 1. The topological polar surface area (TPSA) is 107 Å². The van der Waals surface area contributed by atoms with Crippen LogP contribution in [0, 0.1) is 0 Å². The highest BCUT2D eigenvalue weighted by molar-refractivity contribution is 6.02. The Labute approximate surface area is 98.4 Å². The van der Waals surface area contributed by atoms with E-state index in [0.717, 1.165) is 0 Å². The molecule has 7 heteroatoms. The van der Waals surface area contributed by atoms with Gasteiger partial charge in [0, 0.05) is 6.54 Å². The van der Waals surface area contributed by atoms with Crippen molar-refractivity contribution in [2.45, 2.75) is 31.9 Å². The third-order valence-corrected chi connectivity index (χ3v) is 2.78. The van der Waals surface area contributed by atoms with Gasteiger partial charge in [0.15, 0.2) is 0 Å².